The SMILES string of the molecule is CNc1cncc(-c2nc(-c3ccc(S(=O)(=O)Nc4cccc(NC(=O)C5(C)CC5)c4)cc3)no2)n1. The Morgan fingerprint density at radius 2 is 1.78 bits per heavy atom. The average molecular weight is 506 g/mol. The molecule has 0 bridgehead atoms. The van der Waals surface area contributed by atoms with Crippen molar-refractivity contribution in [3.8, 4) is 23.0 Å². The predicted octanol–water partition coefficient (Wildman–Crippen LogP) is 3.77. The van der Waals surface area contributed by atoms with Gasteiger partial charge in [-0.2, -0.15) is 4.98 Å². The summed E-state index contributed by atoms with van der Waals surface area (Å²) >= 11 is 0. The zero-order chi connectivity index (χ0) is 25.3. The summed E-state index contributed by atoms with van der Waals surface area (Å²) < 4.78 is 33.7. The maximum absolute atomic E-state index is 12.9. The van der Waals surface area contributed by atoms with Gasteiger partial charge < -0.3 is 15.2 Å². The first kappa shape index (κ1) is 23.4. The van der Waals surface area contributed by atoms with E-state index in [0.29, 0.717) is 28.5 Å². The van der Waals surface area contributed by atoms with E-state index in [9.17, 15) is 13.2 Å². The number of aromatic nitrogens is 4. The van der Waals surface area contributed by atoms with Crippen molar-refractivity contribution in [1.29, 1.82) is 0 Å². The van der Waals surface area contributed by atoms with Crippen LogP contribution < -0.4 is 15.4 Å². The number of carbonyl (C=O) groups is 1. The largest absolute Gasteiger partial charge is 0.372 e. The van der Waals surface area contributed by atoms with Gasteiger partial charge >= 0.3 is 0 Å². The van der Waals surface area contributed by atoms with Crippen LogP contribution in [0.15, 0.2) is 70.3 Å². The van der Waals surface area contributed by atoms with Crippen LogP contribution in [0.25, 0.3) is 23.0 Å². The molecule has 184 valence electrons. The minimum atomic E-state index is -3.87. The summed E-state index contributed by atoms with van der Waals surface area (Å²) in [5.41, 5.74) is 1.52. The highest BCUT2D eigenvalue weighted by Crippen LogP contribution is 2.45. The third-order valence-electron chi connectivity index (χ3n) is 5.88. The molecule has 1 amide bonds. The molecular formula is C24H23N7O4S. The van der Waals surface area contributed by atoms with Crippen LogP contribution in [0.3, 0.4) is 0 Å². The smallest absolute Gasteiger partial charge is 0.278 e. The molecule has 2 heterocycles. The van der Waals surface area contributed by atoms with Crippen LogP contribution in [-0.2, 0) is 14.8 Å². The first-order valence-electron chi connectivity index (χ1n) is 11.1. The Bertz CT molecular complexity index is 1530. The standard InChI is InChI=1S/C24H23N7O4S/c1-24(10-11-24)23(32)27-16-4-3-5-17(12-16)31-36(33,34)18-8-6-15(7-9-18)21-29-22(35-30-21)19-13-26-14-20(25-2)28-19/h3-9,12-14,31H,10-11H2,1-2H3,(H,25,28)(H,27,32). The number of benzene rings is 2. The summed E-state index contributed by atoms with van der Waals surface area (Å²) in [7, 11) is -2.15. The number of sulfonamides is 1. The van der Waals surface area contributed by atoms with Crippen LogP contribution in [-0.4, -0.2) is 41.5 Å². The van der Waals surface area contributed by atoms with E-state index in [4.69, 9.17) is 4.52 Å². The highest BCUT2D eigenvalue weighted by molar-refractivity contribution is 7.92. The fraction of sp³-hybridized carbons (Fsp3) is 0.208. The normalized spacial score (nSPS) is 14.2. The van der Waals surface area contributed by atoms with E-state index in [2.05, 4.69) is 35.5 Å². The summed E-state index contributed by atoms with van der Waals surface area (Å²) in [4.78, 5) is 25.1. The van der Waals surface area contributed by atoms with Crippen molar-refractivity contribution < 1.29 is 17.7 Å². The number of nitrogens with one attached hydrogen (secondary N) is 3. The fourth-order valence-electron chi connectivity index (χ4n) is 3.39. The predicted molar refractivity (Wildman–Crippen MR) is 134 cm³/mol. The molecule has 2 aromatic carbocycles. The van der Waals surface area contributed by atoms with Crippen molar-refractivity contribution in [2.45, 2.75) is 24.7 Å². The Labute approximate surface area is 207 Å². The van der Waals surface area contributed by atoms with Crippen molar-refractivity contribution in [2.75, 3.05) is 22.4 Å². The monoisotopic (exact) mass is 505 g/mol. The molecule has 0 spiro atoms. The number of hydrogen-bond acceptors (Lipinski definition) is 9. The molecule has 4 aromatic rings. The Kier molecular flexibility index (Phi) is 5.88. The number of hydrogen-bond donors (Lipinski definition) is 3. The number of carbonyl (C=O) groups excluding carboxylic acids is 1. The lowest BCUT2D eigenvalue weighted by molar-refractivity contribution is -0.120. The van der Waals surface area contributed by atoms with Gasteiger partial charge in [-0.25, -0.2) is 13.4 Å². The zero-order valence-electron chi connectivity index (χ0n) is 19.5. The maximum Gasteiger partial charge on any atom is 0.278 e. The minimum Gasteiger partial charge on any atom is -0.372 e. The molecule has 2 aromatic heterocycles. The Morgan fingerprint density at radius 1 is 1.03 bits per heavy atom. The van der Waals surface area contributed by atoms with Gasteiger partial charge in [-0.3, -0.25) is 14.5 Å². The zero-order valence-corrected chi connectivity index (χ0v) is 20.3. The molecule has 0 aliphatic heterocycles. The number of rotatable bonds is 8. The molecule has 1 saturated carbocycles. The van der Waals surface area contributed by atoms with E-state index < -0.39 is 10.0 Å². The average Bonchev–Trinajstić information content (AvgIpc) is 3.44. The van der Waals surface area contributed by atoms with Gasteiger partial charge in [0.05, 0.1) is 23.0 Å². The Balaban J connectivity index is 1.30. The molecule has 1 fully saturated rings. The first-order chi connectivity index (χ1) is 17.3. The molecule has 1 aliphatic rings. The Hall–Kier alpha value is -4.32. The maximum atomic E-state index is 12.9. The summed E-state index contributed by atoms with van der Waals surface area (Å²) in [6.45, 7) is 1.91. The molecule has 12 heteroatoms. The summed E-state index contributed by atoms with van der Waals surface area (Å²) in [5.74, 6) is 0.964. The molecule has 5 rings (SSSR count). The first-order valence-corrected chi connectivity index (χ1v) is 12.6. The van der Waals surface area contributed by atoms with Gasteiger partial charge in [0.15, 0.2) is 0 Å². The lowest BCUT2D eigenvalue weighted by Crippen LogP contribution is -2.21. The lowest BCUT2D eigenvalue weighted by Gasteiger charge is -2.12. The van der Waals surface area contributed by atoms with Gasteiger partial charge in [0.1, 0.15) is 11.5 Å². The van der Waals surface area contributed by atoms with Gasteiger partial charge in [0.25, 0.3) is 15.9 Å². The summed E-state index contributed by atoms with van der Waals surface area (Å²) in [6, 6.07) is 12.7. The summed E-state index contributed by atoms with van der Waals surface area (Å²) in [5, 5.41) is 9.69. The van der Waals surface area contributed by atoms with Crippen molar-refractivity contribution in [2.24, 2.45) is 5.41 Å². The van der Waals surface area contributed by atoms with Gasteiger partial charge in [-0.05, 0) is 55.3 Å². The van der Waals surface area contributed by atoms with Gasteiger partial charge in [0, 0.05) is 23.7 Å². The molecule has 0 atom stereocenters. The van der Waals surface area contributed by atoms with Crippen molar-refractivity contribution in [1.82, 2.24) is 20.1 Å². The second kappa shape index (κ2) is 9.04. The van der Waals surface area contributed by atoms with Crippen LogP contribution in [0.5, 0.6) is 0 Å². The number of anilines is 3. The third-order valence-corrected chi connectivity index (χ3v) is 7.28. The quantitative estimate of drug-likeness (QED) is 0.325. The molecule has 1 aliphatic carbocycles. The van der Waals surface area contributed by atoms with E-state index in [-0.39, 0.29) is 27.9 Å². The van der Waals surface area contributed by atoms with Crippen LogP contribution in [0, 0.1) is 5.41 Å². The van der Waals surface area contributed by atoms with E-state index >= 15 is 0 Å². The molecule has 3 N–H and O–H groups in total. The van der Waals surface area contributed by atoms with Crippen LogP contribution >= 0.6 is 0 Å². The van der Waals surface area contributed by atoms with Gasteiger partial charge in [-0.15, -0.1) is 0 Å². The highest BCUT2D eigenvalue weighted by atomic mass is 32.2. The summed E-state index contributed by atoms with van der Waals surface area (Å²) in [6.07, 6.45) is 4.77. The Morgan fingerprint density at radius 3 is 2.50 bits per heavy atom. The second-order valence-electron chi connectivity index (χ2n) is 8.69. The topological polar surface area (TPSA) is 152 Å². The van der Waals surface area contributed by atoms with Crippen LogP contribution in [0.4, 0.5) is 17.2 Å². The van der Waals surface area contributed by atoms with Crippen molar-refractivity contribution >= 4 is 33.1 Å². The third kappa shape index (κ3) is 4.89. The molecule has 0 unspecified atom stereocenters. The molecule has 0 radical (unpaired) electrons. The number of amides is 1. The van der Waals surface area contributed by atoms with Gasteiger partial charge in [0.2, 0.25) is 11.7 Å². The molecular weight excluding hydrogens is 482 g/mol. The molecule has 0 saturated heterocycles. The fourth-order valence-corrected chi connectivity index (χ4v) is 4.44. The minimum absolute atomic E-state index is 0.0579. The second-order valence-corrected chi connectivity index (χ2v) is 10.4. The lowest BCUT2D eigenvalue weighted by atomic mass is 10.1. The van der Waals surface area contributed by atoms with E-state index in [0.717, 1.165) is 12.8 Å². The van der Waals surface area contributed by atoms with Crippen molar-refractivity contribution in [3.05, 3.63) is 60.9 Å². The molecule has 36 heavy (non-hydrogen) atoms. The van der Waals surface area contributed by atoms with E-state index in [1.165, 1.54) is 18.3 Å². The van der Waals surface area contributed by atoms with Gasteiger partial charge in [-0.1, -0.05) is 18.1 Å². The van der Waals surface area contributed by atoms with E-state index in [1.54, 1.807) is 49.6 Å². The van der Waals surface area contributed by atoms with E-state index in [1.807, 2.05) is 6.92 Å². The van der Waals surface area contributed by atoms with Crippen molar-refractivity contribution in [3.63, 3.8) is 0 Å². The van der Waals surface area contributed by atoms with Crippen LogP contribution in [0.1, 0.15) is 19.8 Å². The highest BCUT2D eigenvalue weighted by Gasteiger charge is 2.44. The molecule has 11 nitrogen and oxygen atoms in total. The van der Waals surface area contributed by atoms with Crippen LogP contribution in [0.2, 0.25) is 0 Å². The number of nitrogens with zero attached hydrogens (tertiary/aromatic N) is 4.